The number of hydrogen-bond acceptors (Lipinski definition) is 3. The van der Waals surface area contributed by atoms with E-state index in [1.165, 1.54) is 6.07 Å². The molecular formula is C9H7F5O4S. The largest absolute Gasteiger partial charge is 0.428 e. The maximum absolute atomic E-state index is 13.4. The average Bonchev–Trinajstić information content (AvgIpc) is 2.25. The van der Waals surface area contributed by atoms with Gasteiger partial charge in [-0.25, -0.2) is 0 Å². The van der Waals surface area contributed by atoms with Gasteiger partial charge in [0.1, 0.15) is 0 Å². The fourth-order valence-electron chi connectivity index (χ4n) is 1.36. The minimum absolute atomic E-state index is 0.465. The van der Waals surface area contributed by atoms with Crippen molar-refractivity contribution in [3.63, 3.8) is 0 Å². The van der Waals surface area contributed by atoms with E-state index in [0.717, 1.165) is 12.1 Å². The van der Waals surface area contributed by atoms with Crippen molar-refractivity contribution in [1.82, 2.24) is 0 Å². The number of aliphatic hydroxyl groups is 1. The lowest BCUT2D eigenvalue weighted by molar-refractivity contribution is -0.318. The molecule has 0 radical (unpaired) electrons. The van der Waals surface area contributed by atoms with Gasteiger partial charge in [-0.2, -0.15) is 30.4 Å². The normalized spacial score (nSPS) is 17.0. The Morgan fingerprint density at radius 1 is 0.947 bits per heavy atom. The summed E-state index contributed by atoms with van der Waals surface area (Å²) in [7, 11) is -6.49. The second-order valence-electron chi connectivity index (χ2n) is 3.57. The van der Waals surface area contributed by atoms with Gasteiger partial charge < -0.3 is 5.11 Å². The Morgan fingerprint density at radius 3 is 1.68 bits per heavy atom. The molecule has 0 bridgehead atoms. The standard InChI is InChI=1S/C9H7F5O4S/c10-8(11,12)7(15,6-4-2-1-3-5-6)9(13,14)19(16,17)18/h1-5,15H,(H,16,17,18). The minimum Gasteiger partial charge on any atom is -0.371 e. The summed E-state index contributed by atoms with van der Waals surface area (Å²) in [5.41, 5.74) is -6.47. The lowest BCUT2D eigenvalue weighted by atomic mass is 9.93. The fraction of sp³-hybridized carbons (Fsp3) is 0.333. The highest BCUT2D eigenvalue weighted by Crippen LogP contribution is 2.51. The van der Waals surface area contributed by atoms with E-state index in [0.29, 0.717) is 12.1 Å². The van der Waals surface area contributed by atoms with Crippen molar-refractivity contribution in [2.45, 2.75) is 17.0 Å². The first-order chi connectivity index (χ1) is 8.36. The summed E-state index contributed by atoms with van der Waals surface area (Å²) >= 11 is 0. The first kappa shape index (κ1) is 15.8. The SMILES string of the molecule is O=S(=O)(O)C(F)(F)C(O)(c1ccccc1)C(F)(F)F. The van der Waals surface area contributed by atoms with Crippen LogP contribution >= 0.6 is 0 Å². The molecule has 0 spiro atoms. The molecule has 0 aliphatic rings. The van der Waals surface area contributed by atoms with Crippen molar-refractivity contribution in [1.29, 1.82) is 0 Å². The first-order valence-electron chi connectivity index (χ1n) is 4.55. The van der Waals surface area contributed by atoms with Crippen molar-refractivity contribution in [3.05, 3.63) is 35.9 Å². The van der Waals surface area contributed by atoms with Crippen molar-refractivity contribution >= 4 is 10.1 Å². The van der Waals surface area contributed by atoms with Gasteiger partial charge >= 0.3 is 21.5 Å². The van der Waals surface area contributed by atoms with Gasteiger partial charge in [-0.05, 0) is 0 Å². The highest BCUT2D eigenvalue weighted by Gasteiger charge is 2.75. The van der Waals surface area contributed by atoms with Crippen LogP contribution in [0.15, 0.2) is 30.3 Å². The molecule has 0 aromatic heterocycles. The summed E-state index contributed by atoms with van der Waals surface area (Å²) in [6.07, 6.45) is -6.03. The Morgan fingerprint density at radius 2 is 1.37 bits per heavy atom. The molecule has 2 N–H and O–H groups in total. The molecule has 108 valence electrons. The predicted octanol–water partition coefficient (Wildman–Crippen LogP) is 1.92. The Labute approximate surface area is 104 Å². The molecule has 1 unspecified atom stereocenters. The van der Waals surface area contributed by atoms with Crippen LogP contribution in [0.25, 0.3) is 0 Å². The molecule has 0 saturated heterocycles. The molecule has 4 nitrogen and oxygen atoms in total. The second kappa shape index (κ2) is 4.39. The zero-order valence-corrected chi connectivity index (χ0v) is 9.71. The Hall–Kier alpha value is -1.26. The van der Waals surface area contributed by atoms with E-state index in [-0.39, 0.29) is 0 Å². The number of alkyl halides is 5. The Balaban J connectivity index is 3.66. The molecule has 0 heterocycles. The molecule has 19 heavy (non-hydrogen) atoms. The molecule has 0 saturated carbocycles. The lowest BCUT2D eigenvalue weighted by Gasteiger charge is -2.35. The first-order valence-corrected chi connectivity index (χ1v) is 5.99. The molecule has 1 aromatic rings. The molecule has 0 aliphatic heterocycles. The third-order valence-corrected chi connectivity index (χ3v) is 3.29. The fourth-order valence-corrected chi connectivity index (χ4v) is 1.97. The monoisotopic (exact) mass is 306 g/mol. The Bertz CT molecular complexity index is 554. The number of benzene rings is 1. The molecule has 0 aliphatic carbocycles. The van der Waals surface area contributed by atoms with E-state index in [2.05, 4.69) is 0 Å². The van der Waals surface area contributed by atoms with Crippen LogP contribution in [-0.2, 0) is 15.7 Å². The average molecular weight is 306 g/mol. The van der Waals surface area contributed by atoms with Crippen LogP contribution in [0.4, 0.5) is 22.0 Å². The van der Waals surface area contributed by atoms with Gasteiger partial charge in [0.2, 0.25) is 0 Å². The van der Waals surface area contributed by atoms with Crippen LogP contribution in [-0.4, -0.2) is 29.5 Å². The van der Waals surface area contributed by atoms with Gasteiger partial charge in [-0.1, -0.05) is 30.3 Å². The molecule has 1 atom stereocenters. The van der Waals surface area contributed by atoms with Gasteiger partial charge in [0.25, 0.3) is 5.60 Å². The number of hydrogen-bond donors (Lipinski definition) is 2. The quantitative estimate of drug-likeness (QED) is 0.661. The third kappa shape index (κ3) is 2.30. The van der Waals surface area contributed by atoms with Crippen molar-refractivity contribution in [2.24, 2.45) is 0 Å². The summed E-state index contributed by atoms with van der Waals surface area (Å²) in [5, 5.41) is 3.41. The van der Waals surface area contributed by atoms with E-state index < -0.39 is 32.7 Å². The van der Waals surface area contributed by atoms with Gasteiger partial charge in [0.05, 0.1) is 0 Å². The second-order valence-corrected chi connectivity index (χ2v) is 5.03. The minimum atomic E-state index is -6.49. The zero-order chi connectivity index (χ0) is 15.1. The summed E-state index contributed by atoms with van der Waals surface area (Å²) in [6.45, 7) is 0. The number of halogens is 5. The summed E-state index contributed by atoms with van der Waals surface area (Å²) in [6, 6.07) is 3.89. The van der Waals surface area contributed by atoms with Crippen LogP contribution in [0.5, 0.6) is 0 Å². The van der Waals surface area contributed by atoms with Gasteiger partial charge in [-0.15, -0.1) is 0 Å². The van der Waals surface area contributed by atoms with Crippen LogP contribution in [0.2, 0.25) is 0 Å². The summed E-state index contributed by atoms with van der Waals surface area (Å²) in [5.74, 6) is 0. The van der Waals surface area contributed by atoms with E-state index in [1.807, 2.05) is 0 Å². The Kier molecular flexibility index (Phi) is 3.65. The molecule has 0 amide bonds. The van der Waals surface area contributed by atoms with Crippen molar-refractivity contribution in [3.8, 4) is 0 Å². The van der Waals surface area contributed by atoms with E-state index in [4.69, 9.17) is 4.55 Å². The molecule has 1 aromatic carbocycles. The van der Waals surface area contributed by atoms with Crippen LogP contribution < -0.4 is 0 Å². The molecule has 1 rings (SSSR count). The van der Waals surface area contributed by atoms with Crippen LogP contribution in [0.3, 0.4) is 0 Å². The highest BCUT2D eigenvalue weighted by atomic mass is 32.2. The lowest BCUT2D eigenvalue weighted by Crippen LogP contribution is -2.59. The predicted molar refractivity (Wildman–Crippen MR) is 52.9 cm³/mol. The van der Waals surface area contributed by atoms with Crippen LogP contribution in [0, 0.1) is 0 Å². The zero-order valence-electron chi connectivity index (χ0n) is 8.90. The van der Waals surface area contributed by atoms with E-state index >= 15 is 0 Å². The van der Waals surface area contributed by atoms with Crippen LogP contribution in [0.1, 0.15) is 5.56 Å². The smallest absolute Gasteiger partial charge is 0.371 e. The highest BCUT2D eigenvalue weighted by molar-refractivity contribution is 7.87. The number of rotatable bonds is 3. The van der Waals surface area contributed by atoms with E-state index in [9.17, 15) is 35.5 Å². The summed E-state index contributed by atoms with van der Waals surface area (Å²) < 4.78 is 94.0. The molecule has 10 heteroatoms. The molecular weight excluding hydrogens is 299 g/mol. The van der Waals surface area contributed by atoms with Gasteiger partial charge in [0, 0.05) is 5.56 Å². The van der Waals surface area contributed by atoms with E-state index in [1.54, 1.807) is 0 Å². The van der Waals surface area contributed by atoms with Gasteiger partial charge in [0.15, 0.2) is 0 Å². The maximum Gasteiger partial charge on any atom is 0.428 e. The summed E-state index contributed by atoms with van der Waals surface area (Å²) in [4.78, 5) is 0. The molecule has 0 fully saturated rings. The topological polar surface area (TPSA) is 74.6 Å². The van der Waals surface area contributed by atoms with Gasteiger partial charge in [-0.3, -0.25) is 4.55 Å². The van der Waals surface area contributed by atoms with Crippen molar-refractivity contribution in [2.75, 3.05) is 0 Å². The maximum atomic E-state index is 13.4. The third-order valence-electron chi connectivity index (χ3n) is 2.35. The van der Waals surface area contributed by atoms with Crippen molar-refractivity contribution < 1.29 is 40.0 Å².